The van der Waals surface area contributed by atoms with Gasteiger partial charge >= 0.3 is 6.03 Å². The van der Waals surface area contributed by atoms with Crippen molar-refractivity contribution in [1.82, 2.24) is 20.8 Å². The number of hydrogen-bond acceptors (Lipinski definition) is 7. The summed E-state index contributed by atoms with van der Waals surface area (Å²) in [5, 5.41) is 26.6. The molecule has 2 aromatic rings. The second-order valence-corrected chi connectivity index (χ2v) is 7.27. The number of aromatic nitrogens is 2. The summed E-state index contributed by atoms with van der Waals surface area (Å²) in [6.07, 6.45) is 0.439. The van der Waals surface area contributed by atoms with Gasteiger partial charge in [0.05, 0.1) is 6.07 Å². The van der Waals surface area contributed by atoms with Crippen LogP contribution in [0.15, 0.2) is 29.8 Å². The standard InChI is InChI=1S/C18H21N7O3S/c1-11(2)9-14(16(27)20-8-7-19)23-15(26)12-3-5-13(6-4-12)22-17(28)24-18-25-21-10-29-18/h3-6,10-11,14H,8-9H2,1-2H3,(H,20,27)(H,23,26)(H2,22,24,25,28). The summed E-state index contributed by atoms with van der Waals surface area (Å²) < 4.78 is 0. The first-order chi connectivity index (χ1) is 13.9. The molecule has 0 fully saturated rings. The lowest BCUT2D eigenvalue weighted by atomic mass is 10.0. The van der Waals surface area contributed by atoms with Crippen molar-refractivity contribution in [3.63, 3.8) is 0 Å². The van der Waals surface area contributed by atoms with E-state index in [1.54, 1.807) is 12.1 Å². The first-order valence-electron chi connectivity index (χ1n) is 8.78. The van der Waals surface area contributed by atoms with Crippen molar-refractivity contribution >= 4 is 40.0 Å². The average molecular weight is 415 g/mol. The third kappa shape index (κ3) is 7.19. The fourth-order valence-electron chi connectivity index (χ4n) is 2.39. The zero-order valence-electron chi connectivity index (χ0n) is 15.9. The molecular formula is C18H21N7O3S. The van der Waals surface area contributed by atoms with Crippen molar-refractivity contribution in [2.24, 2.45) is 5.92 Å². The minimum absolute atomic E-state index is 0.122. The molecule has 0 aliphatic heterocycles. The number of amides is 4. The van der Waals surface area contributed by atoms with Crippen LogP contribution >= 0.6 is 11.3 Å². The lowest BCUT2D eigenvalue weighted by Crippen LogP contribution is -2.47. The van der Waals surface area contributed by atoms with Crippen molar-refractivity contribution in [2.75, 3.05) is 17.2 Å². The Morgan fingerprint density at radius 2 is 1.90 bits per heavy atom. The Balaban J connectivity index is 1.96. The highest BCUT2D eigenvalue weighted by Gasteiger charge is 2.22. The Labute approximate surface area is 171 Å². The van der Waals surface area contributed by atoms with Gasteiger partial charge in [0.1, 0.15) is 18.1 Å². The van der Waals surface area contributed by atoms with E-state index in [4.69, 9.17) is 5.26 Å². The highest BCUT2D eigenvalue weighted by atomic mass is 32.1. The molecular weight excluding hydrogens is 394 g/mol. The minimum atomic E-state index is -0.744. The van der Waals surface area contributed by atoms with Gasteiger partial charge in [0.25, 0.3) is 5.91 Å². The van der Waals surface area contributed by atoms with E-state index in [2.05, 4.69) is 31.5 Å². The molecule has 2 rings (SSSR count). The highest BCUT2D eigenvalue weighted by Crippen LogP contribution is 2.13. The smallest absolute Gasteiger partial charge is 0.325 e. The first-order valence-corrected chi connectivity index (χ1v) is 9.66. The lowest BCUT2D eigenvalue weighted by molar-refractivity contribution is -0.123. The van der Waals surface area contributed by atoms with Gasteiger partial charge in [0.15, 0.2) is 0 Å². The van der Waals surface area contributed by atoms with Gasteiger partial charge in [-0.15, -0.1) is 10.2 Å². The highest BCUT2D eigenvalue weighted by molar-refractivity contribution is 7.13. The van der Waals surface area contributed by atoms with E-state index in [9.17, 15) is 14.4 Å². The second-order valence-electron chi connectivity index (χ2n) is 6.43. The summed E-state index contributed by atoms with van der Waals surface area (Å²) in [6.45, 7) is 3.75. The number of hydrogen-bond donors (Lipinski definition) is 4. The SMILES string of the molecule is CC(C)CC(NC(=O)c1ccc(NC(=O)Nc2nncs2)cc1)C(=O)NCC#N. The zero-order valence-corrected chi connectivity index (χ0v) is 16.7. The van der Waals surface area contributed by atoms with E-state index >= 15 is 0 Å². The number of anilines is 2. The van der Waals surface area contributed by atoms with Crippen LogP contribution < -0.4 is 21.3 Å². The molecule has 152 valence electrons. The lowest BCUT2D eigenvalue weighted by Gasteiger charge is -2.19. The number of nitrogens with zero attached hydrogens (tertiary/aromatic N) is 3. The van der Waals surface area contributed by atoms with Crippen molar-refractivity contribution in [1.29, 1.82) is 5.26 Å². The maximum atomic E-state index is 12.5. The zero-order chi connectivity index (χ0) is 21.2. The summed E-state index contributed by atoms with van der Waals surface area (Å²) in [5.74, 6) is -0.654. The van der Waals surface area contributed by atoms with Crippen LogP contribution in [-0.2, 0) is 4.79 Å². The van der Waals surface area contributed by atoms with E-state index in [1.807, 2.05) is 19.9 Å². The Hall–Kier alpha value is -3.52. The van der Waals surface area contributed by atoms with Gasteiger partial charge in [0, 0.05) is 11.3 Å². The number of rotatable bonds is 8. The third-order valence-corrected chi connectivity index (χ3v) is 4.26. The Morgan fingerprint density at radius 3 is 2.48 bits per heavy atom. The van der Waals surface area contributed by atoms with Gasteiger partial charge < -0.3 is 16.0 Å². The summed E-state index contributed by atoms with van der Waals surface area (Å²) in [7, 11) is 0. The fraction of sp³-hybridized carbons (Fsp3) is 0.333. The summed E-state index contributed by atoms with van der Waals surface area (Å²) in [4.78, 5) is 36.5. The third-order valence-electron chi connectivity index (χ3n) is 3.66. The molecule has 4 amide bonds. The van der Waals surface area contributed by atoms with Crippen molar-refractivity contribution in [2.45, 2.75) is 26.3 Å². The van der Waals surface area contributed by atoms with Gasteiger partial charge in [0.2, 0.25) is 11.0 Å². The molecule has 1 atom stereocenters. The molecule has 0 saturated carbocycles. The number of nitrogens with one attached hydrogen (secondary N) is 4. The van der Waals surface area contributed by atoms with Crippen LogP contribution in [0.4, 0.5) is 15.6 Å². The van der Waals surface area contributed by atoms with E-state index in [0.29, 0.717) is 22.8 Å². The molecule has 4 N–H and O–H groups in total. The molecule has 1 aromatic carbocycles. The molecule has 0 radical (unpaired) electrons. The Kier molecular flexibility index (Phi) is 8.05. The summed E-state index contributed by atoms with van der Waals surface area (Å²) >= 11 is 1.19. The Morgan fingerprint density at radius 1 is 1.17 bits per heavy atom. The quantitative estimate of drug-likeness (QED) is 0.484. The van der Waals surface area contributed by atoms with Crippen LogP contribution in [0.5, 0.6) is 0 Å². The Bertz CT molecular complexity index is 876. The molecule has 1 heterocycles. The topological polar surface area (TPSA) is 149 Å². The molecule has 11 heteroatoms. The maximum absolute atomic E-state index is 12.5. The fourth-order valence-corrected chi connectivity index (χ4v) is 2.83. The first kappa shape index (κ1) is 21.8. The maximum Gasteiger partial charge on any atom is 0.325 e. The largest absolute Gasteiger partial charge is 0.341 e. The number of benzene rings is 1. The van der Waals surface area contributed by atoms with E-state index in [0.717, 1.165) is 0 Å². The number of urea groups is 1. The molecule has 1 aromatic heterocycles. The second kappa shape index (κ2) is 10.7. The van der Waals surface area contributed by atoms with E-state index in [-0.39, 0.29) is 12.5 Å². The molecule has 0 aliphatic carbocycles. The molecule has 10 nitrogen and oxygen atoms in total. The summed E-state index contributed by atoms with van der Waals surface area (Å²) in [5.41, 5.74) is 2.31. The predicted octanol–water partition coefficient (Wildman–Crippen LogP) is 1.97. The molecule has 0 spiro atoms. The summed E-state index contributed by atoms with van der Waals surface area (Å²) in [6, 6.07) is 6.83. The van der Waals surface area contributed by atoms with Crippen molar-refractivity contribution in [3.05, 3.63) is 35.3 Å². The number of carbonyl (C=O) groups is 3. The minimum Gasteiger partial charge on any atom is -0.341 e. The predicted molar refractivity (Wildman–Crippen MR) is 108 cm³/mol. The van der Waals surface area contributed by atoms with Crippen LogP contribution in [0.25, 0.3) is 0 Å². The van der Waals surface area contributed by atoms with Gasteiger partial charge in [-0.2, -0.15) is 5.26 Å². The molecule has 29 heavy (non-hydrogen) atoms. The van der Waals surface area contributed by atoms with Crippen LogP contribution in [0.1, 0.15) is 30.6 Å². The molecule has 1 unspecified atom stereocenters. The van der Waals surface area contributed by atoms with Gasteiger partial charge in [-0.1, -0.05) is 25.2 Å². The van der Waals surface area contributed by atoms with Crippen LogP contribution in [0.2, 0.25) is 0 Å². The van der Waals surface area contributed by atoms with Crippen LogP contribution in [0, 0.1) is 17.2 Å². The van der Waals surface area contributed by atoms with Gasteiger partial charge in [-0.25, -0.2) is 4.79 Å². The molecule has 0 bridgehead atoms. The number of carbonyl (C=O) groups excluding carboxylic acids is 3. The molecule has 0 aliphatic rings. The van der Waals surface area contributed by atoms with Crippen LogP contribution in [-0.4, -0.2) is 40.6 Å². The van der Waals surface area contributed by atoms with E-state index in [1.165, 1.54) is 29.0 Å². The van der Waals surface area contributed by atoms with E-state index < -0.39 is 23.9 Å². The van der Waals surface area contributed by atoms with Crippen molar-refractivity contribution < 1.29 is 14.4 Å². The molecule has 0 saturated heterocycles. The number of nitriles is 1. The van der Waals surface area contributed by atoms with Gasteiger partial charge in [-0.3, -0.25) is 14.9 Å². The normalized spacial score (nSPS) is 11.2. The monoisotopic (exact) mass is 415 g/mol. The van der Waals surface area contributed by atoms with Crippen molar-refractivity contribution in [3.8, 4) is 6.07 Å². The van der Waals surface area contributed by atoms with Gasteiger partial charge in [-0.05, 0) is 36.6 Å². The van der Waals surface area contributed by atoms with Crippen LogP contribution in [0.3, 0.4) is 0 Å². The average Bonchev–Trinajstić information content (AvgIpc) is 3.18.